The first-order valence-electron chi connectivity index (χ1n) is 5.82. The zero-order chi connectivity index (χ0) is 14.9. The number of nitro benzene ring substituents is 1. The maximum atomic E-state index is 13.5. The molecule has 0 fully saturated rings. The minimum absolute atomic E-state index is 0.192. The summed E-state index contributed by atoms with van der Waals surface area (Å²) in [6.45, 7) is 5.59. The van der Waals surface area contributed by atoms with E-state index in [1.807, 2.05) is 20.8 Å². The molecule has 0 radical (unpaired) electrons. The average Bonchev–Trinajstić information content (AvgIpc) is 2.35. The Morgan fingerprint density at radius 3 is 2.35 bits per heavy atom. The lowest BCUT2D eigenvalue weighted by atomic mass is 10.2. The Morgan fingerprint density at radius 2 is 1.80 bits per heavy atom. The molecule has 0 amide bonds. The highest BCUT2D eigenvalue weighted by molar-refractivity contribution is 7.99. The predicted molar refractivity (Wildman–Crippen MR) is 73.4 cm³/mol. The summed E-state index contributed by atoms with van der Waals surface area (Å²) >= 11 is 0.990. The summed E-state index contributed by atoms with van der Waals surface area (Å²) in [7, 11) is 0. The summed E-state index contributed by atoms with van der Waals surface area (Å²) in [6, 6.07) is 3.98. The van der Waals surface area contributed by atoms with E-state index in [2.05, 4.69) is 9.97 Å². The van der Waals surface area contributed by atoms with Crippen LogP contribution in [-0.2, 0) is 0 Å². The van der Waals surface area contributed by atoms with Gasteiger partial charge in [0.05, 0.1) is 9.82 Å². The number of hydrogen-bond donors (Lipinski definition) is 0. The molecule has 0 bridgehead atoms. The molecule has 0 aliphatic carbocycles. The molecule has 0 N–H and O–H groups in total. The van der Waals surface area contributed by atoms with Crippen LogP contribution < -0.4 is 0 Å². The van der Waals surface area contributed by atoms with Gasteiger partial charge in [0.25, 0.3) is 0 Å². The van der Waals surface area contributed by atoms with Crippen LogP contribution in [0.1, 0.15) is 17.0 Å². The van der Waals surface area contributed by atoms with Crippen LogP contribution in [0.15, 0.2) is 28.3 Å². The third-order valence-electron chi connectivity index (χ3n) is 2.95. The summed E-state index contributed by atoms with van der Waals surface area (Å²) in [4.78, 5) is 18.9. The van der Waals surface area contributed by atoms with E-state index in [1.54, 1.807) is 0 Å². The van der Waals surface area contributed by atoms with Crippen LogP contribution in [0.25, 0.3) is 0 Å². The lowest BCUT2D eigenvalue weighted by molar-refractivity contribution is -0.390. The molecule has 0 aliphatic heterocycles. The summed E-state index contributed by atoms with van der Waals surface area (Å²) in [5, 5.41) is 11.3. The molecule has 20 heavy (non-hydrogen) atoms. The molecule has 1 heterocycles. The fourth-order valence-corrected chi connectivity index (χ4v) is 2.62. The average molecular weight is 293 g/mol. The van der Waals surface area contributed by atoms with Gasteiger partial charge in [0, 0.05) is 11.4 Å². The molecule has 0 saturated carbocycles. The minimum Gasteiger partial charge on any atom is -0.258 e. The number of halogens is 1. The van der Waals surface area contributed by atoms with Gasteiger partial charge in [-0.1, -0.05) is 6.07 Å². The molecule has 1 aromatic heterocycles. The second-order valence-corrected chi connectivity index (χ2v) is 5.26. The number of aromatic nitrogens is 2. The van der Waals surface area contributed by atoms with Gasteiger partial charge in [-0.15, -0.1) is 0 Å². The van der Waals surface area contributed by atoms with Crippen LogP contribution in [0.2, 0.25) is 0 Å². The monoisotopic (exact) mass is 293 g/mol. The lowest BCUT2D eigenvalue weighted by Crippen LogP contribution is -1.99. The van der Waals surface area contributed by atoms with Crippen molar-refractivity contribution in [3.8, 4) is 0 Å². The van der Waals surface area contributed by atoms with E-state index >= 15 is 0 Å². The van der Waals surface area contributed by atoms with Crippen LogP contribution in [0.3, 0.4) is 0 Å². The van der Waals surface area contributed by atoms with Gasteiger partial charge < -0.3 is 0 Å². The number of nitro groups is 1. The van der Waals surface area contributed by atoms with E-state index in [9.17, 15) is 14.5 Å². The van der Waals surface area contributed by atoms with Gasteiger partial charge in [0.15, 0.2) is 5.16 Å². The number of benzene rings is 1. The summed E-state index contributed by atoms with van der Waals surface area (Å²) in [6.07, 6.45) is 0. The largest absolute Gasteiger partial charge is 0.318 e. The SMILES string of the molecule is Cc1nc(Sc2cccc(F)c2[N+](=O)[O-])nc(C)c1C. The third-order valence-corrected chi connectivity index (χ3v) is 3.86. The van der Waals surface area contributed by atoms with Crippen molar-refractivity contribution in [3.63, 3.8) is 0 Å². The standard InChI is InChI=1S/C13H12FN3O2S/c1-7-8(2)15-13(16-9(7)3)20-11-6-4-5-10(14)12(11)17(18)19/h4-6H,1-3H3. The number of nitrogens with zero attached hydrogens (tertiary/aromatic N) is 3. The van der Waals surface area contributed by atoms with Gasteiger partial charge in [0.2, 0.25) is 5.82 Å². The molecule has 0 spiro atoms. The van der Waals surface area contributed by atoms with Gasteiger partial charge in [-0.25, -0.2) is 9.97 Å². The molecule has 2 rings (SSSR count). The van der Waals surface area contributed by atoms with Crippen molar-refractivity contribution < 1.29 is 9.31 Å². The van der Waals surface area contributed by atoms with E-state index in [0.29, 0.717) is 5.16 Å². The first-order valence-corrected chi connectivity index (χ1v) is 6.64. The molecular formula is C13H12FN3O2S. The molecular weight excluding hydrogens is 281 g/mol. The molecule has 0 unspecified atom stereocenters. The van der Waals surface area contributed by atoms with E-state index in [1.165, 1.54) is 12.1 Å². The molecule has 1 aromatic carbocycles. The Labute approximate surface area is 119 Å². The zero-order valence-corrected chi connectivity index (χ0v) is 12.0. The van der Waals surface area contributed by atoms with Crippen LogP contribution in [0.5, 0.6) is 0 Å². The normalized spacial score (nSPS) is 10.6. The number of hydrogen-bond acceptors (Lipinski definition) is 5. The Kier molecular flexibility index (Phi) is 3.99. The van der Waals surface area contributed by atoms with Gasteiger partial charge in [0.1, 0.15) is 0 Å². The van der Waals surface area contributed by atoms with Crippen LogP contribution in [0.4, 0.5) is 10.1 Å². The third kappa shape index (κ3) is 2.77. The molecule has 0 aliphatic rings. The van der Waals surface area contributed by atoms with Gasteiger partial charge >= 0.3 is 5.69 Å². The Hall–Kier alpha value is -2.02. The maximum absolute atomic E-state index is 13.5. The quantitative estimate of drug-likeness (QED) is 0.491. The van der Waals surface area contributed by atoms with Crippen LogP contribution in [-0.4, -0.2) is 14.9 Å². The van der Waals surface area contributed by atoms with Crippen LogP contribution in [0, 0.1) is 36.7 Å². The fourth-order valence-electron chi connectivity index (χ4n) is 1.64. The van der Waals surface area contributed by atoms with E-state index in [-0.39, 0.29) is 4.90 Å². The van der Waals surface area contributed by atoms with Gasteiger partial charge in [-0.05, 0) is 50.2 Å². The lowest BCUT2D eigenvalue weighted by Gasteiger charge is -2.07. The smallest absolute Gasteiger partial charge is 0.258 e. The van der Waals surface area contributed by atoms with Crippen molar-refractivity contribution in [3.05, 3.63) is 51.1 Å². The highest BCUT2D eigenvalue weighted by atomic mass is 32.2. The summed E-state index contributed by atoms with van der Waals surface area (Å²) in [5.41, 5.74) is 2.04. The molecule has 0 saturated heterocycles. The van der Waals surface area contributed by atoms with Gasteiger partial charge in [-0.3, -0.25) is 10.1 Å². The number of para-hydroxylation sites is 1. The topological polar surface area (TPSA) is 68.9 Å². The Morgan fingerprint density at radius 1 is 1.20 bits per heavy atom. The highest BCUT2D eigenvalue weighted by Crippen LogP contribution is 2.35. The summed E-state index contributed by atoms with van der Waals surface area (Å²) in [5.74, 6) is -0.861. The fraction of sp³-hybridized carbons (Fsp3) is 0.231. The molecule has 0 atom stereocenters. The molecule has 7 heteroatoms. The van der Waals surface area contributed by atoms with E-state index < -0.39 is 16.4 Å². The molecule has 5 nitrogen and oxygen atoms in total. The second-order valence-electron chi connectivity index (χ2n) is 4.25. The van der Waals surface area contributed by atoms with Crippen molar-refractivity contribution in [2.45, 2.75) is 30.8 Å². The minimum atomic E-state index is -0.861. The van der Waals surface area contributed by atoms with E-state index in [4.69, 9.17) is 0 Å². The van der Waals surface area contributed by atoms with Crippen LogP contribution >= 0.6 is 11.8 Å². The van der Waals surface area contributed by atoms with Crippen molar-refractivity contribution in [1.29, 1.82) is 0 Å². The highest BCUT2D eigenvalue weighted by Gasteiger charge is 2.21. The molecule has 2 aromatic rings. The predicted octanol–water partition coefficient (Wildman–Crippen LogP) is 3.60. The number of aryl methyl sites for hydroxylation is 2. The number of rotatable bonds is 3. The van der Waals surface area contributed by atoms with Gasteiger partial charge in [-0.2, -0.15) is 4.39 Å². The van der Waals surface area contributed by atoms with E-state index in [0.717, 1.165) is 34.8 Å². The van der Waals surface area contributed by atoms with Crippen molar-refractivity contribution >= 4 is 17.4 Å². The Balaban J connectivity index is 2.45. The van der Waals surface area contributed by atoms with Crippen molar-refractivity contribution in [1.82, 2.24) is 9.97 Å². The molecule has 104 valence electrons. The summed E-state index contributed by atoms with van der Waals surface area (Å²) < 4.78 is 13.5. The second kappa shape index (κ2) is 5.54. The van der Waals surface area contributed by atoms with Crippen molar-refractivity contribution in [2.75, 3.05) is 0 Å². The first kappa shape index (κ1) is 14.4. The zero-order valence-electron chi connectivity index (χ0n) is 11.2. The first-order chi connectivity index (χ1) is 9.40. The Bertz CT molecular complexity index is 668. The maximum Gasteiger partial charge on any atom is 0.318 e. The van der Waals surface area contributed by atoms with Crippen molar-refractivity contribution in [2.24, 2.45) is 0 Å².